The molecule has 2 N–H and O–H groups in total. The molecular formula is C23H19Cl2N3O5S2. The molecule has 0 spiro atoms. The van der Waals surface area contributed by atoms with Gasteiger partial charge < -0.3 is 15.2 Å². The number of aromatic nitrogens is 1. The molecule has 0 aliphatic carbocycles. The Labute approximate surface area is 219 Å². The third-order valence-corrected chi connectivity index (χ3v) is 7.29. The van der Waals surface area contributed by atoms with Gasteiger partial charge in [0.2, 0.25) is 0 Å². The van der Waals surface area contributed by atoms with Gasteiger partial charge in [-0.3, -0.25) is 14.9 Å². The van der Waals surface area contributed by atoms with Crippen molar-refractivity contribution in [3.05, 3.63) is 86.4 Å². The number of hydrogen-bond donors (Lipinski definition) is 2. The first-order valence-electron chi connectivity index (χ1n) is 10.0. The lowest BCUT2D eigenvalue weighted by molar-refractivity contribution is -0.384. The number of methoxy groups -OCH3 is 1. The SMILES string of the molecule is COCCO.O=C(Nc1ccc(Sc2nc3ccccc3s2)c(Cl)c1)c1cc([N+](=O)[O-])ccc1Cl. The summed E-state index contributed by atoms with van der Waals surface area (Å²) in [7, 11) is 1.55. The maximum atomic E-state index is 12.5. The van der Waals surface area contributed by atoms with Gasteiger partial charge in [-0.05, 0) is 36.4 Å². The van der Waals surface area contributed by atoms with E-state index >= 15 is 0 Å². The number of para-hydroxylation sites is 1. The summed E-state index contributed by atoms with van der Waals surface area (Å²) in [6.07, 6.45) is 0. The molecule has 4 rings (SSSR count). The molecule has 1 heterocycles. The van der Waals surface area contributed by atoms with Crippen LogP contribution in [-0.4, -0.2) is 41.2 Å². The Kier molecular flexibility index (Phi) is 9.84. The molecule has 3 aromatic carbocycles. The van der Waals surface area contributed by atoms with Gasteiger partial charge >= 0.3 is 0 Å². The lowest BCUT2D eigenvalue weighted by atomic mass is 10.2. The zero-order valence-electron chi connectivity index (χ0n) is 18.2. The van der Waals surface area contributed by atoms with Gasteiger partial charge in [-0.25, -0.2) is 4.98 Å². The summed E-state index contributed by atoms with van der Waals surface area (Å²) < 4.78 is 6.39. The molecule has 8 nitrogen and oxygen atoms in total. The van der Waals surface area contributed by atoms with E-state index in [0.29, 0.717) is 17.3 Å². The molecule has 0 radical (unpaired) electrons. The number of nitro benzene ring substituents is 1. The Morgan fingerprint density at radius 1 is 1.17 bits per heavy atom. The number of carbonyl (C=O) groups excluding carboxylic acids is 1. The molecule has 0 atom stereocenters. The fraction of sp³-hybridized carbons (Fsp3) is 0.130. The lowest BCUT2D eigenvalue weighted by Crippen LogP contribution is -2.12. The normalized spacial score (nSPS) is 10.5. The molecule has 0 unspecified atom stereocenters. The van der Waals surface area contributed by atoms with Crippen LogP contribution in [0.2, 0.25) is 10.0 Å². The third-order valence-electron chi connectivity index (χ3n) is 4.36. The predicted octanol–water partition coefficient (Wildman–Crippen LogP) is 6.54. The number of ether oxygens (including phenoxy) is 1. The molecule has 0 aliphatic heterocycles. The van der Waals surface area contributed by atoms with Crippen LogP contribution in [0.15, 0.2) is 69.9 Å². The van der Waals surface area contributed by atoms with Crippen molar-refractivity contribution in [2.45, 2.75) is 9.24 Å². The number of fused-ring (bicyclic) bond motifs is 1. The number of nitro groups is 1. The first kappa shape index (κ1) is 26.9. The van der Waals surface area contributed by atoms with Crippen LogP contribution < -0.4 is 5.32 Å². The molecule has 1 amide bonds. The van der Waals surface area contributed by atoms with E-state index in [-0.39, 0.29) is 22.9 Å². The van der Waals surface area contributed by atoms with Gasteiger partial charge in [-0.1, -0.05) is 47.1 Å². The van der Waals surface area contributed by atoms with Crippen molar-refractivity contribution < 1.29 is 19.6 Å². The van der Waals surface area contributed by atoms with Crippen molar-refractivity contribution in [2.24, 2.45) is 0 Å². The first-order chi connectivity index (χ1) is 16.8. The highest BCUT2D eigenvalue weighted by Gasteiger charge is 2.17. The van der Waals surface area contributed by atoms with Crippen molar-refractivity contribution in [3.63, 3.8) is 0 Å². The molecule has 0 aliphatic rings. The predicted molar refractivity (Wildman–Crippen MR) is 140 cm³/mol. The minimum atomic E-state index is -0.585. The molecule has 0 saturated heterocycles. The summed E-state index contributed by atoms with van der Waals surface area (Å²) in [5.41, 5.74) is 1.17. The second-order valence-electron chi connectivity index (χ2n) is 6.79. The highest BCUT2D eigenvalue weighted by atomic mass is 35.5. The van der Waals surface area contributed by atoms with Crippen LogP contribution in [0.3, 0.4) is 0 Å². The molecule has 0 fully saturated rings. The van der Waals surface area contributed by atoms with Gasteiger partial charge in [0.25, 0.3) is 11.6 Å². The standard InChI is InChI=1S/C20H11Cl2N3O3S2.C3H8O2/c21-14-7-6-12(25(27)28)10-13(14)19(26)23-11-5-8-17(15(22)9-11)29-20-24-16-3-1-2-4-18(16)30-20;1-5-3-2-4/h1-10H,(H,23,26);4H,2-3H2,1H3. The molecule has 0 saturated carbocycles. The van der Waals surface area contributed by atoms with Gasteiger partial charge in [-0.15, -0.1) is 11.3 Å². The number of thiazole rings is 1. The lowest BCUT2D eigenvalue weighted by Gasteiger charge is -2.09. The molecule has 12 heteroatoms. The maximum Gasteiger partial charge on any atom is 0.270 e. The second kappa shape index (κ2) is 12.8. The first-order valence-corrected chi connectivity index (χ1v) is 12.4. The average Bonchev–Trinajstić information content (AvgIpc) is 3.24. The number of hydrogen-bond acceptors (Lipinski definition) is 8. The van der Waals surface area contributed by atoms with Crippen LogP contribution in [-0.2, 0) is 4.74 Å². The summed E-state index contributed by atoms with van der Waals surface area (Å²) in [6.45, 7) is 0.566. The second-order valence-corrected chi connectivity index (χ2v) is 9.92. The largest absolute Gasteiger partial charge is 0.394 e. The van der Waals surface area contributed by atoms with E-state index in [1.807, 2.05) is 24.3 Å². The highest BCUT2D eigenvalue weighted by molar-refractivity contribution is 8.01. The van der Waals surface area contributed by atoms with Crippen LogP contribution in [0, 0.1) is 10.1 Å². The van der Waals surface area contributed by atoms with Crippen LogP contribution in [0.1, 0.15) is 10.4 Å². The average molecular weight is 552 g/mol. The number of aliphatic hydroxyl groups is 1. The Morgan fingerprint density at radius 2 is 1.94 bits per heavy atom. The summed E-state index contributed by atoms with van der Waals surface area (Å²) in [5.74, 6) is -0.564. The molecule has 182 valence electrons. The van der Waals surface area contributed by atoms with E-state index in [0.717, 1.165) is 25.5 Å². The molecule has 1 aromatic heterocycles. The van der Waals surface area contributed by atoms with Crippen molar-refractivity contribution in [1.82, 2.24) is 4.98 Å². The number of amides is 1. The Bertz CT molecular complexity index is 1310. The molecular weight excluding hydrogens is 533 g/mol. The number of halogens is 2. The number of benzene rings is 3. The highest BCUT2D eigenvalue weighted by Crippen LogP contribution is 2.38. The van der Waals surface area contributed by atoms with E-state index in [4.69, 9.17) is 28.3 Å². The molecule has 35 heavy (non-hydrogen) atoms. The minimum Gasteiger partial charge on any atom is -0.394 e. The number of rotatable bonds is 7. The van der Waals surface area contributed by atoms with Crippen LogP contribution >= 0.6 is 46.3 Å². The zero-order valence-corrected chi connectivity index (χ0v) is 21.4. The van der Waals surface area contributed by atoms with Crippen molar-refractivity contribution in [1.29, 1.82) is 0 Å². The maximum absolute atomic E-state index is 12.5. The van der Waals surface area contributed by atoms with Crippen molar-refractivity contribution in [3.8, 4) is 0 Å². The van der Waals surface area contributed by atoms with Crippen molar-refractivity contribution >= 4 is 73.8 Å². The van der Waals surface area contributed by atoms with Crippen molar-refractivity contribution in [2.75, 3.05) is 25.6 Å². The van der Waals surface area contributed by atoms with Gasteiger partial charge in [0.05, 0.1) is 44.0 Å². The molecule has 4 aromatic rings. The van der Waals surface area contributed by atoms with Gasteiger partial charge in [0.1, 0.15) is 0 Å². The van der Waals surface area contributed by atoms with Gasteiger partial charge in [0.15, 0.2) is 4.34 Å². The fourth-order valence-electron chi connectivity index (χ4n) is 2.74. The van der Waals surface area contributed by atoms with Gasteiger partial charge in [-0.2, -0.15) is 0 Å². The topological polar surface area (TPSA) is 115 Å². The fourth-order valence-corrected chi connectivity index (χ4v) is 5.27. The van der Waals surface area contributed by atoms with E-state index in [1.165, 1.54) is 23.9 Å². The van der Waals surface area contributed by atoms with E-state index in [2.05, 4.69) is 15.0 Å². The Morgan fingerprint density at radius 3 is 2.57 bits per heavy atom. The number of non-ortho nitro benzene ring substituents is 1. The van der Waals surface area contributed by atoms with E-state index in [1.54, 1.807) is 36.6 Å². The summed E-state index contributed by atoms with van der Waals surface area (Å²) in [4.78, 5) is 28.2. The Hall–Kier alpha value is -2.73. The molecule has 0 bridgehead atoms. The summed E-state index contributed by atoms with van der Waals surface area (Å²) in [6, 6.07) is 16.7. The van der Waals surface area contributed by atoms with Crippen LogP contribution in [0.5, 0.6) is 0 Å². The van der Waals surface area contributed by atoms with Gasteiger partial charge in [0, 0.05) is 29.8 Å². The quantitative estimate of drug-likeness (QED) is 0.198. The number of nitrogens with zero attached hydrogens (tertiary/aromatic N) is 2. The zero-order chi connectivity index (χ0) is 25.4. The summed E-state index contributed by atoms with van der Waals surface area (Å²) in [5, 5.41) is 22.1. The van der Waals surface area contributed by atoms with Crippen LogP contribution in [0.25, 0.3) is 10.2 Å². The summed E-state index contributed by atoms with van der Waals surface area (Å²) >= 11 is 15.4. The Balaban J connectivity index is 0.000000623. The number of carbonyl (C=O) groups is 1. The van der Waals surface area contributed by atoms with E-state index in [9.17, 15) is 14.9 Å². The van der Waals surface area contributed by atoms with Crippen LogP contribution in [0.4, 0.5) is 11.4 Å². The number of anilines is 1. The third kappa shape index (κ3) is 7.38. The smallest absolute Gasteiger partial charge is 0.270 e. The van der Waals surface area contributed by atoms with E-state index < -0.39 is 10.8 Å². The number of aliphatic hydroxyl groups excluding tert-OH is 1. The number of nitrogens with one attached hydrogen (secondary N) is 1. The monoisotopic (exact) mass is 551 g/mol. The minimum absolute atomic E-state index is 0.00918.